The number of esters is 1. The highest BCUT2D eigenvalue weighted by atomic mass is 35.5. The molecule has 1 aromatic heterocycles. The second kappa shape index (κ2) is 7.56. The summed E-state index contributed by atoms with van der Waals surface area (Å²) >= 11 is 5.99. The van der Waals surface area contributed by atoms with Crippen LogP contribution in [-0.2, 0) is 4.74 Å². The summed E-state index contributed by atoms with van der Waals surface area (Å²) < 4.78 is 12.1. The number of hydrogen-bond acceptors (Lipinski definition) is 6. The molecule has 24 heavy (non-hydrogen) atoms. The Balaban J connectivity index is 1.59. The summed E-state index contributed by atoms with van der Waals surface area (Å²) in [4.78, 5) is 12.3. The van der Waals surface area contributed by atoms with Gasteiger partial charge in [-0.25, -0.2) is 4.79 Å². The Labute approximate surface area is 142 Å². The van der Waals surface area contributed by atoms with E-state index in [2.05, 4.69) is 15.5 Å². The van der Waals surface area contributed by atoms with Crippen LogP contribution in [0.4, 0.5) is 0 Å². The summed E-state index contributed by atoms with van der Waals surface area (Å²) in [6.07, 6.45) is 1.41. The van der Waals surface area contributed by atoms with Gasteiger partial charge in [-0.3, -0.25) is 0 Å². The van der Waals surface area contributed by atoms with Gasteiger partial charge in [0.2, 0.25) is 0 Å². The van der Waals surface area contributed by atoms with Gasteiger partial charge in [0, 0.05) is 0 Å². The molecule has 0 bridgehead atoms. The first kappa shape index (κ1) is 15.9. The molecule has 0 saturated carbocycles. The third kappa shape index (κ3) is 3.69. The third-order valence-corrected chi connectivity index (χ3v) is 3.44. The molecule has 3 rings (SSSR count). The van der Waals surface area contributed by atoms with Crippen LogP contribution in [-0.4, -0.2) is 39.4 Å². The highest BCUT2D eigenvalue weighted by molar-refractivity contribution is 6.32. The van der Waals surface area contributed by atoms with Crippen LogP contribution >= 0.6 is 11.6 Å². The number of tetrazole rings is 1. The molecule has 0 N–H and O–H groups in total. The van der Waals surface area contributed by atoms with Crippen molar-refractivity contribution in [2.45, 2.75) is 0 Å². The van der Waals surface area contributed by atoms with Crippen LogP contribution in [0, 0.1) is 0 Å². The molecule has 8 heteroatoms. The molecule has 0 radical (unpaired) electrons. The molecule has 0 fully saturated rings. The van der Waals surface area contributed by atoms with Gasteiger partial charge in [0.15, 0.2) is 0 Å². The maximum Gasteiger partial charge on any atom is 0.340 e. The van der Waals surface area contributed by atoms with E-state index in [1.165, 1.54) is 11.0 Å². The van der Waals surface area contributed by atoms with Gasteiger partial charge in [-0.2, -0.15) is 4.68 Å². The number of hydrogen-bond donors (Lipinski definition) is 0. The molecule has 0 aliphatic heterocycles. The molecule has 0 spiro atoms. The van der Waals surface area contributed by atoms with Crippen molar-refractivity contribution >= 4 is 17.6 Å². The van der Waals surface area contributed by atoms with E-state index < -0.39 is 5.97 Å². The van der Waals surface area contributed by atoms with Crippen molar-refractivity contribution in [3.8, 4) is 11.4 Å². The summed E-state index contributed by atoms with van der Waals surface area (Å²) in [5, 5.41) is 11.4. The van der Waals surface area contributed by atoms with Crippen molar-refractivity contribution in [3.63, 3.8) is 0 Å². The topological polar surface area (TPSA) is 79.1 Å². The third-order valence-electron chi connectivity index (χ3n) is 3.13. The predicted octanol–water partition coefficient (Wildman–Crippen LogP) is 2.55. The van der Waals surface area contributed by atoms with Crippen molar-refractivity contribution in [1.82, 2.24) is 20.2 Å². The average Bonchev–Trinajstić information content (AvgIpc) is 3.14. The molecular weight excluding hydrogens is 332 g/mol. The molecule has 0 saturated heterocycles. The first-order valence-electron chi connectivity index (χ1n) is 7.12. The maximum absolute atomic E-state index is 12.3. The fourth-order valence-electron chi connectivity index (χ4n) is 2.04. The first-order chi connectivity index (χ1) is 11.8. The van der Waals surface area contributed by atoms with Crippen LogP contribution in [0.25, 0.3) is 5.69 Å². The van der Waals surface area contributed by atoms with Gasteiger partial charge < -0.3 is 9.47 Å². The number of rotatable bonds is 6. The maximum atomic E-state index is 12.3. The second-order valence-corrected chi connectivity index (χ2v) is 5.09. The second-order valence-electron chi connectivity index (χ2n) is 4.69. The zero-order chi connectivity index (χ0) is 16.8. The molecular formula is C16H13ClN4O3. The highest BCUT2D eigenvalue weighted by Crippen LogP contribution is 2.22. The molecule has 0 unspecified atom stereocenters. The minimum Gasteiger partial charge on any atom is -0.488 e. The number of carbonyl (C=O) groups excluding carboxylic acids is 1. The Morgan fingerprint density at radius 3 is 2.67 bits per heavy atom. The monoisotopic (exact) mass is 344 g/mol. The quantitative estimate of drug-likeness (QED) is 0.505. The Morgan fingerprint density at radius 1 is 1.08 bits per heavy atom. The SMILES string of the molecule is O=C(OCCOc1ccccc1Cl)c1ccccc1-n1cnnn1. The van der Waals surface area contributed by atoms with Crippen LogP contribution in [0.1, 0.15) is 10.4 Å². The van der Waals surface area contributed by atoms with E-state index in [1.807, 2.05) is 12.1 Å². The molecule has 2 aromatic carbocycles. The van der Waals surface area contributed by atoms with E-state index in [0.29, 0.717) is 22.0 Å². The number of ether oxygens (including phenoxy) is 2. The van der Waals surface area contributed by atoms with Gasteiger partial charge in [0.1, 0.15) is 25.3 Å². The zero-order valence-corrected chi connectivity index (χ0v) is 13.3. The van der Waals surface area contributed by atoms with Crippen LogP contribution in [0.3, 0.4) is 0 Å². The van der Waals surface area contributed by atoms with Crippen LogP contribution in [0.2, 0.25) is 5.02 Å². The van der Waals surface area contributed by atoms with E-state index in [9.17, 15) is 4.79 Å². The Hall–Kier alpha value is -2.93. The molecule has 3 aromatic rings. The lowest BCUT2D eigenvalue weighted by molar-refractivity contribution is 0.0450. The number of halogens is 1. The summed E-state index contributed by atoms with van der Waals surface area (Å²) in [6.45, 7) is 0.288. The van der Waals surface area contributed by atoms with E-state index in [1.54, 1.807) is 36.4 Å². The number of carbonyl (C=O) groups is 1. The molecule has 0 atom stereocenters. The highest BCUT2D eigenvalue weighted by Gasteiger charge is 2.14. The summed E-state index contributed by atoms with van der Waals surface area (Å²) in [5.74, 6) is 0.0631. The summed E-state index contributed by atoms with van der Waals surface area (Å²) in [7, 11) is 0. The number of benzene rings is 2. The van der Waals surface area contributed by atoms with E-state index in [4.69, 9.17) is 21.1 Å². The standard InChI is InChI=1S/C16H13ClN4O3/c17-13-6-2-4-8-15(13)23-9-10-24-16(22)12-5-1-3-7-14(12)21-11-18-19-20-21/h1-8,11H,9-10H2. The molecule has 0 amide bonds. The van der Waals surface area contributed by atoms with E-state index >= 15 is 0 Å². The van der Waals surface area contributed by atoms with Crippen LogP contribution in [0.5, 0.6) is 5.75 Å². The van der Waals surface area contributed by atoms with Gasteiger partial charge in [-0.15, -0.1) is 5.10 Å². The molecule has 122 valence electrons. The summed E-state index contributed by atoms with van der Waals surface area (Å²) in [6, 6.07) is 14.0. The van der Waals surface area contributed by atoms with E-state index in [0.717, 1.165) is 0 Å². The average molecular weight is 345 g/mol. The lowest BCUT2D eigenvalue weighted by atomic mass is 10.2. The van der Waals surface area contributed by atoms with Crippen molar-refractivity contribution < 1.29 is 14.3 Å². The minimum atomic E-state index is -0.483. The van der Waals surface area contributed by atoms with Gasteiger partial charge >= 0.3 is 5.97 Å². The Bertz CT molecular complexity index is 824. The number of para-hydroxylation sites is 2. The Morgan fingerprint density at radius 2 is 1.88 bits per heavy atom. The van der Waals surface area contributed by atoms with E-state index in [-0.39, 0.29) is 13.2 Å². The zero-order valence-electron chi connectivity index (χ0n) is 12.5. The molecule has 7 nitrogen and oxygen atoms in total. The molecule has 0 aliphatic rings. The fourth-order valence-corrected chi connectivity index (χ4v) is 2.23. The smallest absolute Gasteiger partial charge is 0.340 e. The molecule has 0 aliphatic carbocycles. The Kier molecular flexibility index (Phi) is 5.02. The van der Waals surface area contributed by atoms with Gasteiger partial charge in [0.25, 0.3) is 0 Å². The van der Waals surface area contributed by atoms with Gasteiger partial charge in [-0.05, 0) is 34.7 Å². The van der Waals surface area contributed by atoms with Crippen LogP contribution < -0.4 is 4.74 Å². The van der Waals surface area contributed by atoms with Crippen molar-refractivity contribution in [1.29, 1.82) is 0 Å². The lowest BCUT2D eigenvalue weighted by Gasteiger charge is -2.10. The number of aromatic nitrogens is 4. The number of nitrogens with zero attached hydrogens (tertiary/aromatic N) is 4. The molecule has 1 heterocycles. The van der Waals surface area contributed by atoms with Crippen molar-refractivity contribution in [2.24, 2.45) is 0 Å². The van der Waals surface area contributed by atoms with Crippen LogP contribution in [0.15, 0.2) is 54.9 Å². The lowest BCUT2D eigenvalue weighted by Crippen LogP contribution is -2.14. The van der Waals surface area contributed by atoms with Gasteiger partial charge in [-0.1, -0.05) is 35.9 Å². The minimum absolute atomic E-state index is 0.0913. The normalized spacial score (nSPS) is 10.4. The van der Waals surface area contributed by atoms with Crippen molar-refractivity contribution in [2.75, 3.05) is 13.2 Å². The first-order valence-corrected chi connectivity index (χ1v) is 7.50. The predicted molar refractivity (Wildman–Crippen MR) is 86.4 cm³/mol. The largest absolute Gasteiger partial charge is 0.488 e. The summed E-state index contributed by atoms with van der Waals surface area (Å²) in [5.41, 5.74) is 0.905. The van der Waals surface area contributed by atoms with Crippen molar-refractivity contribution in [3.05, 3.63) is 65.4 Å². The van der Waals surface area contributed by atoms with Gasteiger partial charge in [0.05, 0.1) is 16.3 Å². The fraction of sp³-hybridized carbons (Fsp3) is 0.125.